The van der Waals surface area contributed by atoms with Gasteiger partial charge in [-0.2, -0.15) is 0 Å². The van der Waals surface area contributed by atoms with Crippen molar-refractivity contribution in [2.24, 2.45) is 0 Å². The van der Waals surface area contributed by atoms with E-state index in [4.69, 9.17) is 5.73 Å². The molecule has 1 aromatic carbocycles. The number of imidazole rings is 1. The number of hydrogen-bond donors (Lipinski definition) is 2. The van der Waals surface area contributed by atoms with E-state index in [0.29, 0.717) is 11.4 Å². The van der Waals surface area contributed by atoms with Gasteiger partial charge in [-0.3, -0.25) is 4.79 Å². The number of aromatic nitrogens is 2. The molecule has 0 radical (unpaired) electrons. The van der Waals surface area contributed by atoms with E-state index in [0.717, 1.165) is 41.1 Å². The first-order chi connectivity index (χ1) is 10.1. The molecule has 6 heteroatoms. The molecule has 1 aliphatic carbocycles. The molecule has 21 heavy (non-hydrogen) atoms. The minimum atomic E-state index is 0.105. The van der Waals surface area contributed by atoms with Crippen molar-refractivity contribution in [3.63, 3.8) is 0 Å². The first kappa shape index (κ1) is 14.0. The first-order valence-corrected chi connectivity index (χ1v) is 7.95. The molecule has 110 valence electrons. The third kappa shape index (κ3) is 3.05. The number of thioether (sulfide) groups is 1. The minimum absolute atomic E-state index is 0.105. The summed E-state index contributed by atoms with van der Waals surface area (Å²) in [6, 6.07) is 5.55. The average Bonchev–Trinajstić information content (AvgIpc) is 3.12. The molecule has 0 saturated carbocycles. The molecule has 0 saturated heterocycles. The van der Waals surface area contributed by atoms with Gasteiger partial charge in [-0.1, -0.05) is 17.8 Å². The fourth-order valence-electron chi connectivity index (χ4n) is 2.42. The van der Waals surface area contributed by atoms with Crippen LogP contribution in [0.1, 0.15) is 19.3 Å². The maximum absolute atomic E-state index is 12.2. The Hall–Kier alpha value is -1.95. The number of nitrogens with zero attached hydrogens (tertiary/aromatic N) is 2. The van der Waals surface area contributed by atoms with Crippen molar-refractivity contribution < 1.29 is 4.79 Å². The lowest BCUT2D eigenvalue weighted by Gasteiger charge is -2.17. The number of nitrogens with one attached hydrogen (secondary N) is 1. The van der Waals surface area contributed by atoms with E-state index < -0.39 is 0 Å². The Morgan fingerprint density at radius 3 is 3.14 bits per heavy atom. The largest absolute Gasteiger partial charge is 0.399 e. The monoisotopic (exact) mass is 302 g/mol. The molecule has 1 amide bonds. The lowest BCUT2D eigenvalue weighted by molar-refractivity contribution is -0.125. The van der Waals surface area contributed by atoms with Gasteiger partial charge in [0.25, 0.3) is 0 Å². The van der Waals surface area contributed by atoms with E-state index >= 15 is 0 Å². The number of nitrogens with two attached hydrogens (primary N) is 1. The number of hydrogen-bond acceptors (Lipinski definition) is 4. The number of H-pyrrole nitrogens is 1. The summed E-state index contributed by atoms with van der Waals surface area (Å²) in [5.74, 6) is 0.483. The van der Waals surface area contributed by atoms with Crippen LogP contribution in [0.2, 0.25) is 0 Å². The van der Waals surface area contributed by atoms with E-state index in [1.807, 2.05) is 25.2 Å². The van der Waals surface area contributed by atoms with Crippen LogP contribution in [0.4, 0.5) is 5.69 Å². The second-order valence-corrected chi connectivity index (χ2v) is 6.11. The molecule has 0 fully saturated rings. The van der Waals surface area contributed by atoms with Crippen molar-refractivity contribution in [1.82, 2.24) is 14.9 Å². The van der Waals surface area contributed by atoms with Crippen molar-refractivity contribution in [2.75, 3.05) is 18.5 Å². The van der Waals surface area contributed by atoms with Gasteiger partial charge in [0.05, 0.1) is 16.8 Å². The van der Waals surface area contributed by atoms with Gasteiger partial charge in [-0.25, -0.2) is 4.98 Å². The summed E-state index contributed by atoms with van der Waals surface area (Å²) in [5.41, 5.74) is 9.35. The van der Waals surface area contributed by atoms with Crippen LogP contribution in [0.5, 0.6) is 0 Å². The average molecular weight is 302 g/mol. The number of fused-ring (bicyclic) bond motifs is 1. The highest BCUT2D eigenvalue weighted by Gasteiger charge is 2.16. The molecular weight excluding hydrogens is 284 g/mol. The van der Waals surface area contributed by atoms with Crippen LogP contribution < -0.4 is 5.73 Å². The summed E-state index contributed by atoms with van der Waals surface area (Å²) in [5, 5.41) is 0.748. The number of nitrogen functional groups attached to an aromatic ring is 1. The second-order valence-electron chi connectivity index (χ2n) is 5.15. The van der Waals surface area contributed by atoms with Crippen molar-refractivity contribution in [1.29, 1.82) is 0 Å². The Balaban J connectivity index is 1.64. The topological polar surface area (TPSA) is 75.0 Å². The highest BCUT2D eigenvalue weighted by molar-refractivity contribution is 7.99. The molecule has 0 atom stereocenters. The molecule has 0 unspecified atom stereocenters. The van der Waals surface area contributed by atoms with Gasteiger partial charge in [0.1, 0.15) is 0 Å². The van der Waals surface area contributed by atoms with Gasteiger partial charge in [0, 0.05) is 18.4 Å². The number of amides is 1. The Kier molecular flexibility index (Phi) is 3.88. The maximum Gasteiger partial charge on any atom is 0.236 e. The zero-order valence-corrected chi connectivity index (χ0v) is 12.7. The number of benzene rings is 1. The molecule has 1 aromatic heterocycles. The van der Waals surface area contributed by atoms with Crippen molar-refractivity contribution >= 4 is 34.4 Å². The molecule has 3 rings (SSSR count). The van der Waals surface area contributed by atoms with E-state index in [-0.39, 0.29) is 5.91 Å². The normalized spacial score (nSPS) is 14.4. The molecular formula is C15H18N4OS. The van der Waals surface area contributed by atoms with Gasteiger partial charge in [0.15, 0.2) is 5.16 Å². The molecule has 0 spiro atoms. The van der Waals surface area contributed by atoms with Crippen LogP contribution in [0.25, 0.3) is 11.0 Å². The number of carbonyl (C=O) groups excluding carboxylic acids is 1. The smallest absolute Gasteiger partial charge is 0.236 e. The summed E-state index contributed by atoms with van der Waals surface area (Å²) in [4.78, 5) is 21.6. The van der Waals surface area contributed by atoms with Gasteiger partial charge in [-0.05, 0) is 37.5 Å². The predicted octanol–water partition coefficient (Wildman–Crippen LogP) is 2.76. The number of anilines is 1. The zero-order valence-electron chi connectivity index (χ0n) is 11.9. The molecule has 0 aliphatic heterocycles. The SMILES string of the molecule is CN(C(=O)CSc1nc2ccc(N)cc2[nH]1)C1=CCCC1. The zero-order chi connectivity index (χ0) is 14.8. The maximum atomic E-state index is 12.2. The van der Waals surface area contributed by atoms with Crippen molar-refractivity contribution in [3.05, 3.63) is 30.0 Å². The van der Waals surface area contributed by atoms with Crippen molar-refractivity contribution in [2.45, 2.75) is 24.4 Å². The Morgan fingerprint density at radius 1 is 1.52 bits per heavy atom. The third-order valence-corrected chi connectivity index (χ3v) is 4.50. The van der Waals surface area contributed by atoms with E-state index in [1.54, 1.807) is 4.90 Å². The highest BCUT2D eigenvalue weighted by atomic mass is 32.2. The number of rotatable bonds is 4. The van der Waals surface area contributed by atoms with Crippen LogP contribution in [0.3, 0.4) is 0 Å². The molecule has 1 heterocycles. The number of allylic oxidation sites excluding steroid dienone is 2. The summed E-state index contributed by atoms with van der Waals surface area (Å²) in [6.45, 7) is 0. The third-order valence-electron chi connectivity index (χ3n) is 3.64. The molecule has 1 aliphatic rings. The van der Waals surface area contributed by atoms with Gasteiger partial charge in [-0.15, -0.1) is 0 Å². The van der Waals surface area contributed by atoms with Crippen LogP contribution in [0, 0.1) is 0 Å². The molecule has 3 N–H and O–H groups in total. The first-order valence-electron chi connectivity index (χ1n) is 6.97. The predicted molar refractivity (Wildman–Crippen MR) is 85.9 cm³/mol. The van der Waals surface area contributed by atoms with Crippen LogP contribution in [0.15, 0.2) is 35.1 Å². The summed E-state index contributed by atoms with van der Waals surface area (Å²) in [7, 11) is 1.85. The number of carbonyl (C=O) groups is 1. The van der Waals surface area contributed by atoms with Crippen LogP contribution >= 0.6 is 11.8 Å². The van der Waals surface area contributed by atoms with E-state index in [2.05, 4.69) is 16.0 Å². The van der Waals surface area contributed by atoms with E-state index in [1.165, 1.54) is 11.8 Å². The summed E-state index contributed by atoms with van der Waals surface area (Å²) in [6.07, 6.45) is 5.36. The van der Waals surface area contributed by atoms with Crippen molar-refractivity contribution in [3.8, 4) is 0 Å². The fraction of sp³-hybridized carbons (Fsp3) is 0.333. The van der Waals surface area contributed by atoms with Gasteiger partial charge in [0.2, 0.25) is 5.91 Å². The van der Waals surface area contributed by atoms with Gasteiger partial charge >= 0.3 is 0 Å². The lowest BCUT2D eigenvalue weighted by atomic mass is 10.3. The van der Waals surface area contributed by atoms with Crippen LogP contribution in [-0.2, 0) is 4.79 Å². The Morgan fingerprint density at radius 2 is 2.38 bits per heavy atom. The second kappa shape index (κ2) is 5.81. The molecule has 2 aromatic rings. The minimum Gasteiger partial charge on any atom is -0.399 e. The Bertz CT molecular complexity index is 707. The van der Waals surface area contributed by atoms with E-state index in [9.17, 15) is 4.79 Å². The summed E-state index contributed by atoms with van der Waals surface area (Å²) >= 11 is 1.42. The summed E-state index contributed by atoms with van der Waals surface area (Å²) < 4.78 is 0. The van der Waals surface area contributed by atoms with Crippen LogP contribution in [-0.4, -0.2) is 33.6 Å². The number of aromatic amines is 1. The lowest BCUT2D eigenvalue weighted by Crippen LogP contribution is -2.27. The standard InChI is InChI=1S/C15H18N4OS/c1-19(11-4-2-3-5-11)14(20)9-21-15-17-12-7-6-10(16)8-13(12)18-15/h4,6-8H,2-3,5,9,16H2,1H3,(H,17,18). The molecule has 5 nitrogen and oxygen atoms in total. The van der Waals surface area contributed by atoms with Gasteiger partial charge < -0.3 is 15.6 Å². The highest BCUT2D eigenvalue weighted by Crippen LogP contribution is 2.24. The Labute approximate surface area is 127 Å². The molecule has 0 bridgehead atoms. The quantitative estimate of drug-likeness (QED) is 0.672. The fourth-order valence-corrected chi connectivity index (χ4v) is 3.22.